The Bertz CT molecular complexity index is 296. The van der Waals surface area contributed by atoms with Crippen LogP contribution in [-0.4, -0.2) is 26.3 Å². The van der Waals surface area contributed by atoms with Crippen LogP contribution < -0.4 is 0 Å². The largest absolute Gasteiger partial charge is 0.367 e. The standard InChI is InChI=1S/C13H22F2IN/c1-11(2,3)17-9-7-13(14,15)10-12(17,4)6-5-8-16/h7,9H,5-6,8,10H2,1-4H3. The maximum absolute atomic E-state index is 13.6. The Kier molecular flexibility index (Phi) is 4.48. The second kappa shape index (κ2) is 5.02. The fourth-order valence-corrected chi connectivity index (χ4v) is 3.09. The molecule has 1 atom stereocenters. The third-order valence-corrected chi connectivity index (χ3v) is 4.00. The summed E-state index contributed by atoms with van der Waals surface area (Å²) in [5.41, 5.74) is -0.561. The van der Waals surface area contributed by atoms with Crippen LogP contribution in [0.5, 0.6) is 0 Å². The number of hydrogen-bond acceptors (Lipinski definition) is 1. The minimum atomic E-state index is -2.66. The molecule has 0 saturated heterocycles. The van der Waals surface area contributed by atoms with Crippen LogP contribution in [0, 0.1) is 0 Å². The van der Waals surface area contributed by atoms with E-state index in [9.17, 15) is 8.78 Å². The maximum Gasteiger partial charge on any atom is 0.270 e. The molecule has 0 aromatic heterocycles. The van der Waals surface area contributed by atoms with E-state index >= 15 is 0 Å². The Morgan fingerprint density at radius 3 is 2.41 bits per heavy atom. The van der Waals surface area contributed by atoms with Gasteiger partial charge < -0.3 is 4.90 Å². The number of allylic oxidation sites excluding steroid dienone is 1. The van der Waals surface area contributed by atoms with E-state index in [1.54, 1.807) is 6.20 Å². The fourth-order valence-electron chi connectivity index (χ4n) is 2.71. The van der Waals surface area contributed by atoms with Gasteiger partial charge in [-0.1, -0.05) is 22.6 Å². The summed E-state index contributed by atoms with van der Waals surface area (Å²) >= 11 is 2.30. The quantitative estimate of drug-likeness (QED) is 0.527. The minimum absolute atomic E-state index is 0.0790. The Hall–Kier alpha value is 0.130. The van der Waals surface area contributed by atoms with Gasteiger partial charge in [0.25, 0.3) is 5.92 Å². The van der Waals surface area contributed by atoms with Gasteiger partial charge in [-0.05, 0) is 45.0 Å². The highest BCUT2D eigenvalue weighted by Gasteiger charge is 2.46. The molecule has 0 aromatic carbocycles. The molecular weight excluding hydrogens is 335 g/mol. The van der Waals surface area contributed by atoms with Crippen molar-refractivity contribution in [3.05, 3.63) is 12.3 Å². The van der Waals surface area contributed by atoms with E-state index in [1.807, 2.05) is 6.92 Å². The third-order valence-electron chi connectivity index (χ3n) is 3.24. The summed E-state index contributed by atoms with van der Waals surface area (Å²) in [5, 5.41) is 0. The zero-order valence-corrected chi connectivity index (χ0v) is 13.2. The Labute approximate surface area is 117 Å². The van der Waals surface area contributed by atoms with Crippen LogP contribution in [0.2, 0.25) is 0 Å². The predicted octanol–water partition coefficient (Wildman–Crippen LogP) is 4.61. The van der Waals surface area contributed by atoms with Gasteiger partial charge in [-0.15, -0.1) is 0 Å². The first-order chi connectivity index (χ1) is 7.61. The van der Waals surface area contributed by atoms with E-state index in [-0.39, 0.29) is 12.0 Å². The molecule has 0 bridgehead atoms. The second-order valence-corrected chi connectivity index (χ2v) is 7.16. The first-order valence-electron chi connectivity index (χ1n) is 6.03. The van der Waals surface area contributed by atoms with Crippen LogP contribution >= 0.6 is 22.6 Å². The normalized spacial score (nSPS) is 28.5. The van der Waals surface area contributed by atoms with Crippen molar-refractivity contribution in [2.75, 3.05) is 4.43 Å². The van der Waals surface area contributed by atoms with E-state index in [1.165, 1.54) is 0 Å². The smallest absolute Gasteiger partial charge is 0.270 e. The van der Waals surface area contributed by atoms with Crippen LogP contribution in [0.15, 0.2) is 12.3 Å². The summed E-state index contributed by atoms with van der Waals surface area (Å²) in [6, 6.07) is 0. The van der Waals surface area contributed by atoms with E-state index < -0.39 is 11.5 Å². The van der Waals surface area contributed by atoms with Gasteiger partial charge >= 0.3 is 0 Å². The van der Waals surface area contributed by atoms with Gasteiger partial charge in [-0.2, -0.15) is 0 Å². The lowest BCUT2D eigenvalue weighted by Crippen LogP contribution is -2.57. The van der Waals surface area contributed by atoms with E-state index in [0.29, 0.717) is 0 Å². The van der Waals surface area contributed by atoms with Gasteiger partial charge in [0.1, 0.15) is 0 Å². The SMILES string of the molecule is CC(C)(C)N1C=CC(F)(F)CC1(C)CCCI. The predicted molar refractivity (Wildman–Crippen MR) is 76.8 cm³/mol. The highest BCUT2D eigenvalue weighted by Crippen LogP contribution is 2.42. The monoisotopic (exact) mass is 357 g/mol. The zero-order chi connectivity index (χ0) is 13.3. The number of halogens is 3. The van der Waals surface area contributed by atoms with Gasteiger partial charge in [-0.25, -0.2) is 8.78 Å². The van der Waals surface area contributed by atoms with Crippen molar-refractivity contribution in [1.29, 1.82) is 0 Å². The number of nitrogens with zero attached hydrogens (tertiary/aromatic N) is 1. The molecule has 100 valence electrons. The minimum Gasteiger partial charge on any atom is -0.367 e. The van der Waals surface area contributed by atoms with Crippen LogP contribution in [0.1, 0.15) is 47.0 Å². The molecule has 0 aromatic rings. The maximum atomic E-state index is 13.6. The van der Waals surface area contributed by atoms with Crippen LogP contribution in [0.3, 0.4) is 0 Å². The van der Waals surface area contributed by atoms with Gasteiger partial charge in [0.2, 0.25) is 0 Å². The molecule has 1 rings (SSSR count). The summed E-state index contributed by atoms with van der Waals surface area (Å²) in [7, 11) is 0. The summed E-state index contributed by atoms with van der Waals surface area (Å²) in [4.78, 5) is 2.10. The Morgan fingerprint density at radius 2 is 1.94 bits per heavy atom. The van der Waals surface area contributed by atoms with E-state index in [2.05, 4.69) is 48.3 Å². The topological polar surface area (TPSA) is 3.24 Å². The molecule has 0 fully saturated rings. The van der Waals surface area contributed by atoms with Crippen LogP contribution in [-0.2, 0) is 0 Å². The fraction of sp³-hybridized carbons (Fsp3) is 0.846. The molecular formula is C13H22F2IN. The summed E-state index contributed by atoms with van der Waals surface area (Å²) in [6.07, 6.45) is 4.35. The van der Waals surface area contributed by atoms with Gasteiger partial charge in [-0.3, -0.25) is 0 Å². The molecule has 0 spiro atoms. The summed E-state index contributed by atoms with van der Waals surface area (Å²) in [5.74, 6) is -2.66. The molecule has 1 unspecified atom stereocenters. The second-order valence-electron chi connectivity index (χ2n) is 6.08. The molecule has 4 heteroatoms. The van der Waals surface area contributed by atoms with Crippen molar-refractivity contribution in [2.45, 2.75) is 64.0 Å². The highest BCUT2D eigenvalue weighted by molar-refractivity contribution is 14.1. The average Bonchev–Trinajstić information content (AvgIpc) is 2.10. The molecule has 0 radical (unpaired) electrons. The molecule has 1 heterocycles. The molecule has 0 aliphatic carbocycles. The summed E-state index contributed by atoms with van der Waals surface area (Å²) in [6.45, 7) is 8.18. The average molecular weight is 357 g/mol. The van der Waals surface area contributed by atoms with Crippen molar-refractivity contribution in [2.24, 2.45) is 0 Å². The van der Waals surface area contributed by atoms with Crippen molar-refractivity contribution < 1.29 is 8.78 Å². The molecule has 1 aliphatic heterocycles. The molecule has 0 N–H and O–H groups in total. The molecule has 0 saturated carbocycles. The van der Waals surface area contributed by atoms with Crippen molar-refractivity contribution in [3.63, 3.8) is 0 Å². The first-order valence-corrected chi connectivity index (χ1v) is 7.56. The van der Waals surface area contributed by atoms with Crippen LogP contribution in [0.25, 0.3) is 0 Å². The number of hydrogen-bond donors (Lipinski definition) is 0. The first kappa shape index (κ1) is 15.2. The highest BCUT2D eigenvalue weighted by atomic mass is 127. The molecule has 0 amide bonds. The van der Waals surface area contributed by atoms with Crippen molar-refractivity contribution in [3.8, 4) is 0 Å². The Morgan fingerprint density at radius 1 is 1.35 bits per heavy atom. The molecule has 1 nitrogen and oxygen atoms in total. The third kappa shape index (κ3) is 3.80. The van der Waals surface area contributed by atoms with Crippen LogP contribution in [0.4, 0.5) is 8.78 Å². The summed E-state index contributed by atoms with van der Waals surface area (Å²) < 4.78 is 28.2. The van der Waals surface area contributed by atoms with E-state index in [4.69, 9.17) is 0 Å². The lowest BCUT2D eigenvalue weighted by atomic mass is 9.81. The van der Waals surface area contributed by atoms with Crippen molar-refractivity contribution in [1.82, 2.24) is 4.90 Å². The zero-order valence-electron chi connectivity index (χ0n) is 11.1. The lowest BCUT2D eigenvalue weighted by molar-refractivity contribution is -0.0557. The molecule has 17 heavy (non-hydrogen) atoms. The lowest BCUT2D eigenvalue weighted by Gasteiger charge is -2.52. The van der Waals surface area contributed by atoms with Crippen molar-refractivity contribution >= 4 is 22.6 Å². The van der Waals surface area contributed by atoms with E-state index in [0.717, 1.165) is 23.3 Å². The molecule has 1 aliphatic rings. The van der Waals surface area contributed by atoms with Gasteiger partial charge in [0.05, 0.1) is 0 Å². The number of rotatable bonds is 3. The van der Waals surface area contributed by atoms with Gasteiger partial charge in [0, 0.05) is 29.8 Å². The van der Waals surface area contributed by atoms with Gasteiger partial charge in [0.15, 0.2) is 0 Å². The Balaban J connectivity index is 3.00. The number of alkyl halides is 3.